The minimum atomic E-state index is -0.118. The Morgan fingerprint density at radius 2 is 2.05 bits per heavy atom. The first kappa shape index (κ1) is 15.9. The lowest BCUT2D eigenvalue weighted by Gasteiger charge is -2.13. The monoisotopic (exact) mass is 325 g/mol. The highest BCUT2D eigenvalue weighted by molar-refractivity contribution is 6.42. The van der Waals surface area contributed by atoms with E-state index in [1.165, 1.54) is 0 Å². The van der Waals surface area contributed by atoms with Crippen molar-refractivity contribution in [3.63, 3.8) is 0 Å². The number of rotatable bonds is 4. The Labute approximate surface area is 134 Å². The van der Waals surface area contributed by atoms with Gasteiger partial charge in [0.1, 0.15) is 0 Å². The molecule has 2 rings (SSSR count). The van der Waals surface area contributed by atoms with E-state index in [-0.39, 0.29) is 11.8 Å². The Kier molecular flexibility index (Phi) is 4.91. The molecular weight excluding hydrogens is 309 g/mol. The van der Waals surface area contributed by atoms with Crippen LogP contribution in [0.15, 0.2) is 24.4 Å². The molecule has 0 aliphatic carbocycles. The summed E-state index contributed by atoms with van der Waals surface area (Å²) in [5.74, 6) is 0.0204. The van der Waals surface area contributed by atoms with E-state index in [0.717, 1.165) is 11.4 Å². The maximum atomic E-state index is 12.1. The third-order valence-corrected chi connectivity index (χ3v) is 3.82. The summed E-state index contributed by atoms with van der Waals surface area (Å²) in [6, 6.07) is 5.29. The fraction of sp³-hybridized carbons (Fsp3) is 0.333. The van der Waals surface area contributed by atoms with Crippen LogP contribution in [0, 0.1) is 0 Å². The predicted molar refractivity (Wildman–Crippen MR) is 85.7 cm³/mol. The highest BCUT2D eigenvalue weighted by atomic mass is 35.5. The fourth-order valence-electron chi connectivity index (χ4n) is 2.17. The molecule has 6 heteroatoms. The smallest absolute Gasteiger partial charge is 0.254 e. The lowest BCUT2D eigenvalue weighted by atomic mass is 10.1. The minimum Gasteiger partial charge on any atom is -0.352 e. The van der Waals surface area contributed by atoms with E-state index in [9.17, 15) is 4.79 Å². The third-order valence-electron chi connectivity index (χ3n) is 3.08. The number of carbonyl (C=O) groups excluding carboxylic acids is 1. The summed E-state index contributed by atoms with van der Waals surface area (Å²) in [4.78, 5) is 12.1. The first-order chi connectivity index (χ1) is 9.95. The van der Waals surface area contributed by atoms with Crippen LogP contribution < -0.4 is 5.32 Å². The maximum Gasteiger partial charge on any atom is 0.254 e. The van der Waals surface area contributed by atoms with Gasteiger partial charge in [0.25, 0.3) is 5.91 Å². The molecule has 1 aromatic heterocycles. The molecule has 4 nitrogen and oxygen atoms in total. The van der Waals surface area contributed by atoms with Crippen LogP contribution in [0.25, 0.3) is 5.69 Å². The summed E-state index contributed by atoms with van der Waals surface area (Å²) >= 11 is 12.0. The molecule has 1 heterocycles. The van der Waals surface area contributed by atoms with Gasteiger partial charge in [0.2, 0.25) is 0 Å². The van der Waals surface area contributed by atoms with Crippen molar-refractivity contribution >= 4 is 29.1 Å². The number of nitrogens with zero attached hydrogens (tertiary/aromatic N) is 2. The van der Waals surface area contributed by atoms with Gasteiger partial charge < -0.3 is 5.32 Å². The zero-order chi connectivity index (χ0) is 15.6. The van der Waals surface area contributed by atoms with Crippen molar-refractivity contribution in [3.8, 4) is 5.69 Å². The summed E-state index contributed by atoms with van der Waals surface area (Å²) in [6.45, 7) is 6.51. The van der Waals surface area contributed by atoms with Gasteiger partial charge in [-0.15, -0.1) is 0 Å². The Hall–Kier alpha value is -1.52. The molecule has 0 aliphatic rings. The number of nitrogens with one attached hydrogen (secondary N) is 1. The van der Waals surface area contributed by atoms with Crippen molar-refractivity contribution in [3.05, 3.63) is 45.7 Å². The number of aromatic nitrogens is 2. The van der Waals surface area contributed by atoms with Crippen molar-refractivity contribution in [2.45, 2.75) is 26.7 Å². The first-order valence-corrected chi connectivity index (χ1v) is 7.52. The van der Waals surface area contributed by atoms with Gasteiger partial charge in [0.15, 0.2) is 0 Å². The summed E-state index contributed by atoms with van der Waals surface area (Å²) in [5.41, 5.74) is 2.21. The Morgan fingerprint density at radius 3 is 2.62 bits per heavy atom. The molecule has 0 aliphatic heterocycles. The quantitative estimate of drug-likeness (QED) is 0.921. The highest BCUT2D eigenvalue weighted by Crippen LogP contribution is 2.28. The van der Waals surface area contributed by atoms with Crippen molar-refractivity contribution in [1.82, 2.24) is 15.1 Å². The molecule has 1 amide bonds. The Morgan fingerprint density at radius 1 is 1.33 bits per heavy atom. The van der Waals surface area contributed by atoms with Crippen LogP contribution in [0.2, 0.25) is 10.0 Å². The molecule has 0 bridgehead atoms. The van der Waals surface area contributed by atoms with E-state index in [1.54, 1.807) is 23.0 Å². The van der Waals surface area contributed by atoms with Crippen LogP contribution in [-0.2, 0) is 0 Å². The largest absolute Gasteiger partial charge is 0.352 e. The van der Waals surface area contributed by atoms with Crippen LogP contribution in [0.5, 0.6) is 0 Å². The average Bonchev–Trinajstić information content (AvgIpc) is 2.87. The molecule has 1 N–H and O–H groups in total. The van der Waals surface area contributed by atoms with Crippen molar-refractivity contribution in [2.75, 3.05) is 6.54 Å². The molecule has 0 radical (unpaired) electrons. The van der Waals surface area contributed by atoms with Gasteiger partial charge in [-0.2, -0.15) is 5.10 Å². The van der Waals surface area contributed by atoms with Crippen LogP contribution >= 0.6 is 23.2 Å². The van der Waals surface area contributed by atoms with E-state index < -0.39 is 0 Å². The van der Waals surface area contributed by atoms with E-state index in [1.807, 2.05) is 26.8 Å². The molecule has 21 heavy (non-hydrogen) atoms. The predicted octanol–water partition coefficient (Wildman–Crippen LogP) is 4.05. The Balaban J connectivity index is 2.54. The van der Waals surface area contributed by atoms with Crippen LogP contribution in [0.3, 0.4) is 0 Å². The van der Waals surface area contributed by atoms with E-state index >= 15 is 0 Å². The van der Waals surface area contributed by atoms with Gasteiger partial charge in [-0.1, -0.05) is 37.0 Å². The minimum absolute atomic E-state index is 0.118. The molecule has 2 aromatic rings. The lowest BCUT2D eigenvalue weighted by molar-refractivity contribution is 0.0954. The van der Waals surface area contributed by atoms with Crippen LogP contribution in [-0.4, -0.2) is 22.2 Å². The van der Waals surface area contributed by atoms with Gasteiger partial charge in [0, 0.05) is 6.54 Å². The molecule has 0 spiro atoms. The Bertz CT molecular complexity index is 665. The molecule has 0 fully saturated rings. The van der Waals surface area contributed by atoms with Gasteiger partial charge >= 0.3 is 0 Å². The molecular formula is C15H17Cl2N3O. The van der Waals surface area contributed by atoms with Gasteiger partial charge in [-0.05, 0) is 31.0 Å². The third kappa shape index (κ3) is 3.22. The number of hydrogen-bond acceptors (Lipinski definition) is 2. The second kappa shape index (κ2) is 6.50. The molecule has 1 aromatic carbocycles. The second-order valence-electron chi connectivity index (χ2n) is 4.97. The number of benzene rings is 1. The first-order valence-electron chi connectivity index (χ1n) is 6.77. The van der Waals surface area contributed by atoms with Crippen molar-refractivity contribution in [1.29, 1.82) is 0 Å². The van der Waals surface area contributed by atoms with Gasteiger partial charge in [-0.25, -0.2) is 4.68 Å². The molecule has 112 valence electrons. The van der Waals surface area contributed by atoms with Gasteiger partial charge in [-0.3, -0.25) is 4.79 Å². The molecule has 0 saturated heterocycles. The molecule has 0 atom stereocenters. The van der Waals surface area contributed by atoms with Crippen molar-refractivity contribution in [2.24, 2.45) is 0 Å². The van der Waals surface area contributed by atoms with E-state index in [0.29, 0.717) is 22.2 Å². The van der Waals surface area contributed by atoms with E-state index in [4.69, 9.17) is 23.2 Å². The second-order valence-corrected chi connectivity index (χ2v) is 5.78. The highest BCUT2D eigenvalue weighted by Gasteiger charge is 2.20. The van der Waals surface area contributed by atoms with Crippen LogP contribution in [0.1, 0.15) is 42.7 Å². The summed E-state index contributed by atoms with van der Waals surface area (Å²) in [6.07, 6.45) is 1.59. The normalized spacial score (nSPS) is 11.0. The number of halogens is 2. The molecule has 0 saturated carbocycles. The number of carbonyl (C=O) groups is 1. The summed E-state index contributed by atoms with van der Waals surface area (Å²) in [5, 5.41) is 8.08. The summed E-state index contributed by atoms with van der Waals surface area (Å²) < 4.78 is 1.73. The lowest BCUT2D eigenvalue weighted by Crippen LogP contribution is -2.24. The zero-order valence-corrected chi connectivity index (χ0v) is 13.7. The fourth-order valence-corrected chi connectivity index (χ4v) is 2.46. The average molecular weight is 326 g/mol. The number of amides is 1. The SMILES string of the molecule is CCNC(=O)c1cnn(-c2ccc(Cl)c(Cl)c2)c1C(C)C. The molecule has 0 unspecified atom stereocenters. The van der Waals surface area contributed by atoms with E-state index in [2.05, 4.69) is 10.4 Å². The van der Waals surface area contributed by atoms with Crippen molar-refractivity contribution < 1.29 is 4.79 Å². The zero-order valence-electron chi connectivity index (χ0n) is 12.2. The summed E-state index contributed by atoms with van der Waals surface area (Å²) in [7, 11) is 0. The topological polar surface area (TPSA) is 46.9 Å². The van der Waals surface area contributed by atoms with Gasteiger partial charge in [0.05, 0.1) is 33.2 Å². The maximum absolute atomic E-state index is 12.1. The standard InChI is InChI=1S/C15H17Cl2N3O/c1-4-18-15(21)11-8-19-20(14(11)9(2)3)10-5-6-12(16)13(17)7-10/h5-9H,4H2,1-3H3,(H,18,21). The van der Waals surface area contributed by atoms with Crippen LogP contribution in [0.4, 0.5) is 0 Å². The number of hydrogen-bond donors (Lipinski definition) is 1.